The third kappa shape index (κ3) is 1.96. The van der Waals surface area contributed by atoms with Crippen molar-refractivity contribution in [2.24, 2.45) is 28.3 Å². The molecule has 1 unspecified atom stereocenters. The maximum absolute atomic E-state index is 11.9. The van der Waals surface area contributed by atoms with Gasteiger partial charge in [0.25, 0.3) is 0 Å². The first-order chi connectivity index (χ1) is 8.51. The SMILES string of the molecule is C=C(C)[C@H]1CC[C@H](CN=O)[C@]2(C=CC(=O)C2C)C1. The summed E-state index contributed by atoms with van der Waals surface area (Å²) >= 11 is 0. The summed E-state index contributed by atoms with van der Waals surface area (Å²) in [7, 11) is 0. The van der Waals surface area contributed by atoms with Gasteiger partial charge in [0.05, 0.1) is 6.54 Å². The number of allylic oxidation sites excluding steroid dienone is 3. The molecular weight excluding hydrogens is 226 g/mol. The Balaban J connectivity index is 2.31. The second-order valence-corrected chi connectivity index (χ2v) is 5.90. The maximum atomic E-state index is 11.9. The predicted molar refractivity (Wildman–Crippen MR) is 72.1 cm³/mol. The molecule has 0 aromatic rings. The first kappa shape index (κ1) is 13.2. The molecule has 3 nitrogen and oxygen atoms in total. The summed E-state index contributed by atoms with van der Waals surface area (Å²) in [5.41, 5.74) is 1.03. The van der Waals surface area contributed by atoms with Gasteiger partial charge in [0.1, 0.15) is 0 Å². The Hall–Kier alpha value is -1.25. The van der Waals surface area contributed by atoms with Gasteiger partial charge in [-0.15, -0.1) is 0 Å². The van der Waals surface area contributed by atoms with E-state index in [2.05, 4.69) is 18.7 Å². The van der Waals surface area contributed by atoms with E-state index in [1.807, 2.05) is 13.0 Å². The highest BCUT2D eigenvalue weighted by Gasteiger charge is 2.50. The van der Waals surface area contributed by atoms with Gasteiger partial charge in [-0.2, -0.15) is 4.91 Å². The van der Waals surface area contributed by atoms with E-state index in [4.69, 9.17) is 0 Å². The molecule has 4 atom stereocenters. The zero-order valence-electron chi connectivity index (χ0n) is 11.2. The molecule has 98 valence electrons. The fourth-order valence-electron chi connectivity index (χ4n) is 3.66. The lowest BCUT2D eigenvalue weighted by Crippen LogP contribution is -2.42. The van der Waals surface area contributed by atoms with Crippen molar-refractivity contribution in [3.63, 3.8) is 0 Å². The second-order valence-electron chi connectivity index (χ2n) is 5.90. The average molecular weight is 247 g/mol. The van der Waals surface area contributed by atoms with E-state index in [0.717, 1.165) is 19.3 Å². The quantitative estimate of drug-likeness (QED) is 0.566. The van der Waals surface area contributed by atoms with Crippen molar-refractivity contribution in [2.45, 2.75) is 33.1 Å². The van der Waals surface area contributed by atoms with E-state index in [1.54, 1.807) is 6.08 Å². The molecule has 2 rings (SSSR count). The van der Waals surface area contributed by atoms with Crippen molar-refractivity contribution in [1.29, 1.82) is 0 Å². The van der Waals surface area contributed by atoms with Crippen LogP contribution in [-0.4, -0.2) is 12.3 Å². The van der Waals surface area contributed by atoms with Crippen molar-refractivity contribution in [3.05, 3.63) is 29.2 Å². The van der Waals surface area contributed by atoms with Crippen LogP contribution in [0.4, 0.5) is 0 Å². The van der Waals surface area contributed by atoms with Gasteiger partial charge in [-0.3, -0.25) is 4.79 Å². The molecule has 0 saturated heterocycles. The molecule has 1 spiro atoms. The van der Waals surface area contributed by atoms with Crippen LogP contribution in [0, 0.1) is 28.1 Å². The standard InChI is InChI=1S/C15H21NO2/c1-10(2)12-4-5-13(9-16-18)15(8-12)7-6-14(17)11(15)3/h6-7,11-13H,1,4-5,8-9H2,2-3H3/t11?,12-,13+,15+/m0/s1. The molecule has 0 bridgehead atoms. The van der Waals surface area contributed by atoms with Crippen LogP contribution in [0.1, 0.15) is 33.1 Å². The van der Waals surface area contributed by atoms with Gasteiger partial charge in [-0.1, -0.05) is 30.3 Å². The monoisotopic (exact) mass is 247 g/mol. The number of carbonyl (C=O) groups is 1. The summed E-state index contributed by atoms with van der Waals surface area (Å²) in [5.74, 6) is 0.842. The van der Waals surface area contributed by atoms with Crippen LogP contribution in [0.2, 0.25) is 0 Å². The van der Waals surface area contributed by atoms with E-state index < -0.39 is 0 Å². The van der Waals surface area contributed by atoms with Crippen LogP contribution < -0.4 is 0 Å². The Bertz CT molecular complexity index is 413. The van der Waals surface area contributed by atoms with Crippen molar-refractivity contribution in [3.8, 4) is 0 Å². The summed E-state index contributed by atoms with van der Waals surface area (Å²) in [5, 5.41) is 3.09. The van der Waals surface area contributed by atoms with Crippen LogP contribution in [0.15, 0.2) is 29.5 Å². The van der Waals surface area contributed by atoms with Gasteiger partial charge in [0, 0.05) is 11.3 Å². The van der Waals surface area contributed by atoms with E-state index >= 15 is 0 Å². The lowest BCUT2D eigenvalue weighted by molar-refractivity contribution is -0.121. The predicted octanol–water partition coefficient (Wildman–Crippen LogP) is 3.51. The fourth-order valence-corrected chi connectivity index (χ4v) is 3.66. The minimum Gasteiger partial charge on any atom is -0.295 e. The van der Waals surface area contributed by atoms with E-state index in [-0.39, 0.29) is 23.0 Å². The van der Waals surface area contributed by atoms with Crippen molar-refractivity contribution >= 4 is 5.78 Å². The van der Waals surface area contributed by atoms with Gasteiger partial charge >= 0.3 is 0 Å². The van der Waals surface area contributed by atoms with Gasteiger partial charge < -0.3 is 0 Å². The highest BCUT2D eigenvalue weighted by atomic mass is 16.3. The number of ketones is 1. The molecule has 0 aliphatic heterocycles. The van der Waals surface area contributed by atoms with Gasteiger partial charge in [-0.25, -0.2) is 0 Å². The van der Waals surface area contributed by atoms with E-state index in [0.29, 0.717) is 12.5 Å². The largest absolute Gasteiger partial charge is 0.295 e. The summed E-state index contributed by atoms with van der Waals surface area (Å²) in [6, 6.07) is 0. The van der Waals surface area contributed by atoms with Crippen LogP contribution in [0.3, 0.4) is 0 Å². The molecule has 0 heterocycles. The summed E-state index contributed by atoms with van der Waals surface area (Å²) in [6.45, 7) is 8.42. The first-order valence-corrected chi connectivity index (χ1v) is 6.69. The van der Waals surface area contributed by atoms with E-state index in [9.17, 15) is 9.70 Å². The van der Waals surface area contributed by atoms with Crippen molar-refractivity contribution in [2.75, 3.05) is 6.54 Å². The minimum absolute atomic E-state index is 0.0219. The van der Waals surface area contributed by atoms with E-state index in [1.165, 1.54) is 5.57 Å². The Labute approximate surface area is 108 Å². The third-order valence-corrected chi connectivity index (χ3v) is 5.01. The molecule has 0 radical (unpaired) electrons. The van der Waals surface area contributed by atoms with Gasteiger partial charge in [-0.05, 0) is 44.1 Å². The Morgan fingerprint density at radius 2 is 2.28 bits per heavy atom. The topological polar surface area (TPSA) is 46.5 Å². The van der Waals surface area contributed by atoms with Crippen molar-refractivity contribution < 1.29 is 4.79 Å². The molecule has 0 aromatic heterocycles. The highest BCUT2D eigenvalue weighted by Crippen LogP contribution is 2.54. The Morgan fingerprint density at radius 1 is 1.56 bits per heavy atom. The molecule has 3 heteroatoms. The van der Waals surface area contributed by atoms with Gasteiger partial charge in [0.15, 0.2) is 5.78 Å². The van der Waals surface area contributed by atoms with Crippen LogP contribution in [-0.2, 0) is 4.79 Å². The zero-order chi connectivity index (χ0) is 13.3. The number of hydrogen-bond donors (Lipinski definition) is 0. The first-order valence-electron chi connectivity index (χ1n) is 6.69. The zero-order valence-corrected chi connectivity index (χ0v) is 11.2. The molecule has 2 aliphatic carbocycles. The van der Waals surface area contributed by atoms with Crippen LogP contribution >= 0.6 is 0 Å². The number of rotatable bonds is 3. The Morgan fingerprint density at radius 3 is 2.78 bits per heavy atom. The minimum atomic E-state index is -0.160. The second kappa shape index (κ2) is 4.79. The molecule has 1 saturated carbocycles. The number of nitroso groups, excluding NO2 is 1. The molecule has 0 N–H and O–H groups in total. The lowest BCUT2D eigenvalue weighted by Gasteiger charge is -2.45. The summed E-state index contributed by atoms with van der Waals surface area (Å²) in [6.07, 6.45) is 6.71. The molecule has 0 aromatic carbocycles. The summed E-state index contributed by atoms with van der Waals surface area (Å²) in [4.78, 5) is 22.5. The third-order valence-electron chi connectivity index (χ3n) is 5.01. The van der Waals surface area contributed by atoms with Crippen LogP contribution in [0.5, 0.6) is 0 Å². The fraction of sp³-hybridized carbons (Fsp3) is 0.667. The maximum Gasteiger partial charge on any atom is 0.159 e. The number of hydrogen-bond acceptors (Lipinski definition) is 3. The molecule has 2 aliphatic rings. The number of carbonyl (C=O) groups excluding carboxylic acids is 1. The lowest BCUT2D eigenvalue weighted by atomic mass is 9.58. The molecule has 1 fully saturated rings. The summed E-state index contributed by atoms with van der Waals surface area (Å²) < 4.78 is 0. The Kier molecular flexibility index (Phi) is 3.51. The van der Waals surface area contributed by atoms with Crippen LogP contribution in [0.25, 0.3) is 0 Å². The normalized spacial score (nSPS) is 39.2. The van der Waals surface area contributed by atoms with Crippen molar-refractivity contribution in [1.82, 2.24) is 0 Å². The molecular formula is C15H21NO2. The van der Waals surface area contributed by atoms with Gasteiger partial charge in [0.2, 0.25) is 0 Å². The smallest absolute Gasteiger partial charge is 0.159 e. The molecule has 18 heavy (non-hydrogen) atoms. The highest BCUT2D eigenvalue weighted by molar-refractivity contribution is 5.95. The number of nitrogens with zero attached hydrogens (tertiary/aromatic N) is 1. The average Bonchev–Trinajstić information content (AvgIpc) is 2.61. The molecule has 0 amide bonds.